The van der Waals surface area contributed by atoms with E-state index in [-0.39, 0.29) is 56.9 Å². The topological polar surface area (TPSA) is 130 Å². The second-order valence-electron chi connectivity index (χ2n) is 9.81. The third-order valence-electron chi connectivity index (χ3n) is 7.79. The van der Waals surface area contributed by atoms with E-state index in [4.69, 9.17) is 35.3 Å². The quantitative estimate of drug-likeness (QED) is 0.401. The van der Waals surface area contributed by atoms with Gasteiger partial charge in [-0.15, -0.1) is 0 Å². The Balaban J connectivity index is 1.73. The first-order valence-electron chi connectivity index (χ1n) is 12.4. The minimum absolute atomic E-state index is 0.00125. The first-order chi connectivity index (χ1) is 19.0. The molecule has 2 N–H and O–H groups in total. The lowest BCUT2D eigenvalue weighted by Crippen LogP contribution is -2.58. The number of rotatable bonds is 5. The number of hydrogen-bond donors (Lipinski definition) is 2. The summed E-state index contributed by atoms with van der Waals surface area (Å²) in [7, 11) is 5.45. The van der Waals surface area contributed by atoms with E-state index < -0.39 is 35.0 Å². The molecule has 0 saturated heterocycles. The molecule has 0 saturated carbocycles. The van der Waals surface area contributed by atoms with Crippen molar-refractivity contribution in [3.8, 4) is 28.7 Å². The SMILES string of the molecule is COC(=O)C1=C(C)NC2=C(C(=O)C3(Oc4c(Cl)c(OC)cc(OC)c4C3=O)C(C)C2)C1c1ccc(O)c(OC)c1. The zero-order chi connectivity index (χ0) is 29.1. The molecule has 3 unspecified atom stereocenters. The number of phenolic OH excluding ortho intramolecular Hbond substituents is 1. The standard InChI is InChI=1S/C29H28ClNO9/c1-12-9-15-22(21(20(13(2)31-15)28(35)39-6)14-7-8-16(32)17(10-14)36-3)26(33)29(12)27(34)23-18(37-4)11-19(38-5)24(30)25(23)40-29/h7-8,10-12,21,31-32H,9H2,1-6H3. The van der Waals surface area contributed by atoms with Gasteiger partial charge in [0.25, 0.3) is 0 Å². The van der Waals surface area contributed by atoms with Gasteiger partial charge in [0.1, 0.15) is 22.1 Å². The molecular formula is C29H28ClNO9. The Morgan fingerprint density at radius 2 is 1.73 bits per heavy atom. The largest absolute Gasteiger partial charge is 0.504 e. The maximum absolute atomic E-state index is 14.7. The molecule has 10 nitrogen and oxygen atoms in total. The minimum Gasteiger partial charge on any atom is -0.504 e. The van der Waals surface area contributed by atoms with Crippen molar-refractivity contribution < 1.29 is 43.2 Å². The fourth-order valence-electron chi connectivity index (χ4n) is 5.86. The number of esters is 1. The van der Waals surface area contributed by atoms with Crippen molar-refractivity contribution in [1.82, 2.24) is 5.32 Å². The molecule has 40 heavy (non-hydrogen) atoms. The number of carbonyl (C=O) groups is 3. The number of fused-ring (bicyclic) bond motifs is 1. The number of benzene rings is 2. The molecule has 1 spiro atoms. The van der Waals surface area contributed by atoms with Crippen molar-refractivity contribution in [1.29, 1.82) is 0 Å². The highest BCUT2D eigenvalue weighted by Gasteiger charge is 2.63. The summed E-state index contributed by atoms with van der Waals surface area (Å²) in [5.41, 5.74) is -0.0702. The summed E-state index contributed by atoms with van der Waals surface area (Å²) in [6.45, 7) is 3.46. The van der Waals surface area contributed by atoms with Crippen LogP contribution in [0.4, 0.5) is 0 Å². The summed E-state index contributed by atoms with van der Waals surface area (Å²) >= 11 is 6.56. The number of carbonyl (C=O) groups excluding carboxylic acids is 3. The van der Waals surface area contributed by atoms with Crippen LogP contribution in [0, 0.1) is 5.92 Å². The van der Waals surface area contributed by atoms with Gasteiger partial charge < -0.3 is 34.1 Å². The van der Waals surface area contributed by atoms with Crippen LogP contribution in [-0.4, -0.2) is 56.7 Å². The Morgan fingerprint density at radius 1 is 1.05 bits per heavy atom. The lowest BCUT2D eigenvalue weighted by atomic mass is 9.65. The van der Waals surface area contributed by atoms with Crippen LogP contribution in [-0.2, 0) is 14.3 Å². The van der Waals surface area contributed by atoms with Gasteiger partial charge >= 0.3 is 5.97 Å². The van der Waals surface area contributed by atoms with E-state index in [9.17, 15) is 19.5 Å². The molecule has 0 amide bonds. The Kier molecular flexibility index (Phi) is 6.70. The van der Waals surface area contributed by atoms with Crippen LogP contribution in [0.15, 0.2) is 46.8 Å². The second-order valence-corrected chi connectivity index (χ2v) is 10.2. The third-order valence-corrected chi connectivity index (χ3v) is 8.15. The lowest BCUT2D eigenvalue weighted by Gasteiger charge is -2.42. The number of allylic oxidation sites excluding steroid dienone is 2. The van der Waals surface area contributed by atoms with E-state index in [1.54, 1.807) is 26.0 Å². The van der Waals surface area contributed by atoms with Crippen molar-refractivity contribution in [2.45, 2.75) is 31.8 Å². The molecule has 0 fully saturated rings. The summed E-state index contributed by atoms with van der Waals surface area (Å²) in [5, 5.41) is 13.5. The highest BCUT2D eigenvalue weighted by atomic mass is 35.5. The fourth-order valence-corrected chi connectivity index (χ4v) is 6.13. The van der Waals surface area contributed by atoms with Gasteiger partial charge in [0.05, 0.1) is 34.0 Å². The van der Waals surface area contributed by atoms with E-state index in [2.05, 4.69) is 5.32 Å². The Labute approximate surface area is 235 Å². The molecule has 0 aromatic heterocycles. The van der Waals surface area contributed by atoms with Gasteiger partial charge in [-0.25, -0.2) is 4.79 Å². The van der Waals surface area contributed by atoms with Crippen molar-refractivity contribution >= 4 is 29.1 Å². The molecule has 210 valence electrons. The van der Waals surface area contributed by atoms with Gasteiger partial charge in [0.15, 0.2) is 17.2 Å². The van der Waals surface area contributed by atoms with Gasteiger partial charge in [0, 0.05) is 34.9 Å². The van der Waals surface area contributed by atoms with E-state index >= 15 is 0 Å². The first-order valence-corrected chi connectivity index (χ1v) is 12.8. The van der Waals surface area contributed by atoms with Crippen LogP contribution in [0.25, 0.3) is 0 Å². The zero-order valence-corrected chi connectivity index (χ0v) is 23.5. The number of methoxy groups -OCH3 is 4. The molecule has 1 aliphatic carbocycles. The maximum atomic E-state index is 14.7. The highest BCUT2D eigenvalue weighted by Crippen LogP contribution is 2.56. The van der Waals surface area contributed by atoms with Crippen LogP contribution in [0.5, 0.6) is 28.7 Å². The van der Waals surface area contributed by atoms with Gasteiger partial charge in [-0.2, -0.15) is 0 Å². The van der Waals surface area contributed by atoms with Crippen molar-refractivity contribution in [3.63, 3.8) is 0 Å². The van der Waals surface area contributed by atoms with Crippen molar-refractivity contribution in [2.75, 3.05) is 28.4 Å². The molecule has 5 rings (SSSR count). The smallest absolute Gasteiger partial charge is 0.336 e. The van der Waals surface area contributed by atoms with Gasteiger partial charge in [0.2, 0.25) is 17.2 Å². The number of nitrogens with one attached hydrogen (secondary N) is 1. The summed E-state index contributed by atoms with van der Waals surface area (Å²) in [6.07, 6.45) is 0.245. The van der Waals surface area contributed by atoms with Gasteiger partial charge in [-0.3, -0.25) is 9.59 Å². The number of Topliss-reactive ketones (excluding diaryl/α,β-unsaturated/α-hetero) is 2. The van der Waals surface area contributed by atoms with E-state index in [1.807, 2.05) is 0 Å². The number of dihydropyridines is 1. The number of halogens is 1. The molecule has 3 atom stereocenters. The normalized spacial score (nSPS) is 23.4. The summed E-state index contributed by atoms with van der Waals surface area (Å²) in [4.78, 5) is 42.0. The first kappa shape index (κ1) is 27.4. The van der Waals surface area contributed by atoms with Crippen LogP contribution in [0.1, 0.15) is 42.1 Å². The molecule has 0 bridgehead atoms. The van der Waals surface area contributed by atoms with E-state index in [0.717, 1.165) is 0 Å². The molecule has 3 aliphatic rings. The summed E-state index contributed by atoms with van der Waals surface area (Å²) in [6, 6.07) is 6.01. The second kappa shape index (κ2) is 9.78. The molecular weight excluding hydrogens is 542 g/mol. The summed E-state index contributed by atoms with van der Waals surface area (Å²) in [5.74, 6) is -3.06. The van der Waals surface area contributed by atoms with Gasteiger partial charge in [-0.05, 0) is 31.0 Å². The van der Waals surface area contributed by atoms with Crippen LogP contribution in [0.3, 0.4) is 0 Å². The van der Waals surface area contributed by atoms with Gasteiger partial charge in [-0.1, -0.05) is 24.6 Å². The molecule has 11 heteroatoms. The molecule has 2 aromatic rings. The summed E-state index contributed by atoms with van der Waals surface area (Å²) < 4.78 is 27.5. The van der Waals surface area contributed by atoms with E-state index in [0.29, 0.717) is 17.0 Å². The van der Waals surface area contributed by atoms with E-state index in [1.165, 1.54) is 40.6 Å². The maximum Gasteiger partial charge on any atom is 0.336 e. The van der Waals surface area contributed by atoms with Crippen LogP contribution >= 0.6 is 11.6 Å². The predicted molar refractivity (Wildman–Crippen MR) is 143 cm³/mol. The van der Waals surface area contributed by atoms with Crippen molar-refractivity contribution in [3.05, 3.63) is 63.0 Å². The van der Waals surface area contributed by atoms with Crippen LogP contribution in [0.2, 0.25) is 5.02 Å². The Morgan fingerprint density at radius 3 is 2.35 bits per heavy atom. The zero-order valence-electron chi connectivity index (χ0n) is 22.8. The number of ketones is 2. The number of aromatic hydroxyl groups is 1. The number of hydrogen-bond acceptors (Lipinski definition) is 10. The minimum atomic E-state index is -1.97. The molecule has 2 heterocycles. The Hall–Kier alpha value is -4.18. The van der Waals surface area contributed by atoms with Crippen molar-refractivity contribution in [2.24, 2.45) is 5.92 Å². The van der Waals surface area contributed by atoms with Crippen LogP contribution < -0.4 is 24.3 Å². The molecule has 2 aliphatic heterocycles. The number of phenols is 1. The Bertz CT molecular complexity index is 1540. The third kappa shape index (κ3) is 3.66. The number of ether oxygens (including phenoxy) is 5. The lowest BCUT2D eigenvalue weighted by molar-refractivity contribution is -0.136. The fraction of sp³-hybridized carbons (Fsp3) is 0.345. The predicted octanol–water partition coefficient (Wildman–Crippen LogP) is 4.08. The highest BCUT2D eigenvalue weighted by molar-refractivity contribution is 6.36. The average Bonchev–Trinajstić information content (AvgIpc) is 3.26. The molecule has 0 radical (unpaired) electrons. The molecule has 2 aromatic carbocycles. The average molecular weight is 570 g/mol. The monoisotopic (exact) mass is 569 g/mol.